The van der Waals surface area contributed by atoms with Crippen molar-refractivity contribution in [2.24, 2.45) is 10.2 Å². The molecule has 1 heterocycles. The molecule has 0 unspecified atom stereocenters. The highest BCUT2D eigenvalue weighted by atomic mass is 16.5. The van der Waals surface area contributed by atoms with Crippen LogP contribution in [0.4, 0.5) is 11.4 Å². The summed E-state index contributed by atoms with van der Waals surface area (Å²) in [5.74, 6) is -1.48. The van der Waals surface area contributed by atoms with Gasteiger partial charge in [0.05, 0.1) is 23.7 Å². The van der Waals surface area contributed by atoms with Crippen molar-refractivity contribution in [2.75, 3.05) is 23.6 Å². The van der Waals surface area contributed by atoms with Crippen LogP contribution in [0.1, 0.15) is 35.3 Å². The van der Waals surface area contributed by atoms with Gasteiger partial charge in [0.1, 0.15) is 12.3 Å². The van der Waals surface area contributed by atoms with E-state index in [1.165, 1.54) is 5.01 Å². The summed E-state index contributed by atoms with van der Waals surface area (Å²) in [6.07, 6.45) is 0. The van der Waals surface area contributed by atoms with Crippen molar-refractivity contribution in [2.45, 2.75) is 27.7 Å². The van der Waals surface area contributed by atoms with E-state index in [1.54, 1.807) is 56.3 Å². The van der Waals surface area contributed by atoms with E-state index in [4.69, 9.17) is 4.74 Å². The molecule has 0 radical (unpaired) electrons. The van der Waals surface area contributed by atoms with E-state index in [1.807, 2.05) is 32.0 Å². The molecule has 10 heteroatoms. The van der Waals surface area contributed by atoms with Crippen LogP contribution in [0, 0.1) is 13.8 Å². The number of aromatic hydroxyl groups is 1. The Hall–Kier alpha value is -4.99. The summed E-state index contributed by atoms with van der Waals surface area (Å²) in [4.78, 5) is 37.1. The predicted molar refractivity (Wildman–Crippen MR) is 150 cm³/mol. The number of carbonyl (C=O) groups excluding carboxylic acids is 3. The number of esters is 1. The molecule has 4 rings (SSSR count). The van der Waals surface area contributed by atoms with Crippen LogP contribution in [0.2, 0.25) is 0 Å². The third-order valence-corrected chi connectivity index (χ3v) is 6.18. The van der Waals surface area contributed by atoms with Crippen LogP contribution in [-0.2, 0) is 14.3 Å². The van der Waals surface area contributed by atoms with Crippen molar-refractivity contribution >= 4 is 40.6 Å². The van der Waals surface area contributed by atoms with Gasteiger partial charge in [-0.25, -0.2) is 0 Å². The summed E-state index contributed by atoms with van der Waals surface area (Å²) >= 11 is 0. The molecule has 200 valence electrons. The monoisotopic (exact) mass is 527 g/mol. The molecule has 0 aromatic heterocycles. The number of nitrogens with one attached hydrogen (secondary N) is 2. The summed E-state index contributed by atoms with van der Waals surface area (Å²) in [7, 11) is 0. The van der Waals surface area contributed by atoms with Crippen molar-refractivity contribution in [1.29, 1.82) is 0 Å². The molecular weight excluding hydrogens is 498 g/mol. The molecule has 0 bridgehead atoms. The first-order valence-electron chi connectivity index (χ1n) is 12.4. The lowest BCUT2D eigenvalue weighted by Crippen LogP contribution is -2.30. The van der Waals surface area contributed by atoms with Crippen molar-refractivity contribution in [3.63, 3.8) is 0 Å². The quantitative estimate of drug-likeness (QED) is 0.229. The van der Waals surface area contributed by atoms with Crippen LogP contribution in [0.25, 0.3) is 11.1 Å². The fraction of sp³-hybridized carbons (Fsp3) is 0.207. The maximum absolute atomic E-state index is 13.1. The number of aryl methyl sites for hydroxylation is 2. The average molecular weight is 528 g/mol. The molecule has 0 saturated carbocycles. The number of anilines is 2. The van der Waals surface area contributed by atoms with Gasteiger partial charge < -0.3 is 15.2 Å². The van der Waals surface area contributed by atoms with Crippen LogP contribution in [0.3, 0.4) is 0 Å². The normalized spacial score (nSPS) is 13.8. The molecule has 3 aromatic rings. The number of rotatable bonds is 8. The van der Waals surface area contributed by atoms with E-state index in [0.29, 0.717) is 28.1 Å². The second-order valence-corrected chi connectivity index (χ2v) is 8.91. The molecule has 1 aliphatic heterocycles. The van der Waals surface area contributed by atoms with Gasteiger partial charge in [0, 0.05) is 11.1 Å². The van der Waals surface area contributed by atoms with Crippen molar-refractivity contribution in [3.05, 3.63) is 77.4 Å². The third kappa shape index (κ3) is 5.96. The molecule has 39 heavy (non-hydrogen) atoms. The molecule has 3 aromatic carbocycles. The van der Waals surface area contributed by atoms with Gasteiger partial charge >= 0.3 is 11.9 Å². The lowest BCUT2D eigenvalue weighted by atomic mass is 10.0. The zero-order valence-corrected chi connectivity index (χ0v) is 22.1. The minimum Gasteiger partial charge on any atom is -0.505 e. The largest absolute Gasteiger partial charge is 0.505 e. The van der Waals surface area contributed by atoms with Crippen LogP contribution < -0.4 is 15.8 Å². The minimum absolute atomic E-state index is 0.114. The Morgan fingerprint density at radius 2 is 1.79 bits per heavy atom. The molecule has 0 atom stereocenters. The molecule has 3 N–H and O–H groups in total. The first kappa shape index (κ1) is 27.1. The van der Waals surface area contributed by atoms with Gasteiger partial charge in [-0.2, -0.15) is 15.2 Å². The summed E-state index contributed by atoms with van der Waals surface area (Å²) in [6.45, 7) is 7.32. The van der Waals surface area contributed by atoms with Crippen LogP contribution in [0.5, 0.6) is 5.75 Å². The molecule has 10 nitrogen and oxygen atoms in total. The second-order valence-electron chi connectivity index (χ2n) is 8.91. The van der Waals surface area contributed by atoms with Gasteiger partial charge in [-0.05, 0) is 74.7 Å². The number of hydrogen-bond donors (Lipinski definition) is 3. The van der Waals surface area contributed by atoms with Crippen LogP contribution in [0.15, 0.2) is 70.9 Å². The number of carbonyl (C=O) groups is 3. The van der Waals surface area contributed by atoms with Gasteiger partial charge in [-0.3, -0.25) is 19.8 Å². The Balaban J connectivity index is 1.52. The number of hydrogen-bond acceptors (Lipinski definition) is 8. The van der Waals surface area contributed by atoms with Crippen molar-refractivity contribution in [1.82, 2.24) is 5.32 Å². The zero-order valence-electron chi connectivity index (χ0n) is 22.1. The number of nitrogens with zero attached hydrogens (tertiary/aromatic N) is 3. The molecule has 0 saturated heterocycles. The van der Waals surface area contributed by atoms with Crippen LogP contribution in [-0.4, -0.2) is 47.5 Å². The third-order valence-electron chi connectivity index (χ3n) is 6.18. The maximum atomic E-state index is 13.1. The highest BCUT2D eigenvalue weighted by Crippen LogP contribution is 2.36. The Kier molecular flexibility index (Phi) is 8.04. The number of amides is 2. The average Bonchev–Trinajstić information content (AvgIpc) is 3.21. The summed E-state index contributed by atoms with van der Waals surface area (Å²) in [6, 6.07) is 17.3. The van der Waals surface area contributed by atoms with Crippen molar-refractivity contribution < 1.29 is 24.2 Å². The van der Waals surface area contributed by atoms with E-state index in [0.717, 1.165) is 11.1 Å². The number of phenolic OH excluding ortho intramolecular Hbond substituents is 1. The molecule has 1 aliphatic rings. The molecule has 0 fully saturated rings. The van der Waals surface area contributed by atoms with Gasteiger partial charge in [0.15, 0.2) is 5.71 Å². The van der Waals surface area contributed by atoms with Gasteiger partial charge in [-0.1, -0.05) is 30.3 Å². The maximum Gasteiger partial charge on any atom is 0.325 e. The van der Waals surface area contributed by atoms with Crippen molar-refractivity contribution in [3.8, 4) is 16.9 Å². The highest BCUT2D eigenvalue weighted by Gasteiger charge is 2.31. The zero-order chi connectivity index (χ0) is 28.1. The molecule has 0 aliphatic carbocycles. The van der Waals surface area contributed by atoms with Gasteiger partial charge in [-0.15, -0.1) is 0 Å². The fourth-order valence-electron chi connectivity index (χ4n) is 3.94. The Morgan fingerprint density at radius 1 is 1.03 bits per heavy atom. The second kappa shape index (κ2) is 11.6. The number of benzene rings is 3. The molecule has 2 amide bonds. The number of para-hydroxylation sites is 1. The lowest BCUT2D eigenvalue weighted by molar-refractivity contribution is -0.141. The summed E-state index contributed by atoms with van der Waals surface area (Å²) in [5, 5.41) is 23.4. The van der Waals surface area contributed by atoms with E-state index in [9.17, 15) is 19.5 Å². The van der Waals surface area contributed by atoms with Gasteiger partial charge in [0.2, 0.25) is 0 Å². The number of hydrazone groups is 2. The number of ether oxygens (including phenoxy) is 1. The highest BCUT2D eigenvalue weighted by molar-refractivity contribution is 6.71. The van der Waals surface area contributed by atoms with E-state index >= 15 is 0 Å². The lowest BCUT2D eigenvalue weighted by Gasteiger charge is -2.13. The molecule has 0 spiro atoms. The van der Waals surface area contributed by atoms with Crippen LogP contribution >= 0.6 is 0 Å². The topological polar surface area (TPSA) is 133 Å². The summed E-state index contributed by atoms with van der Waals surface area (Å²) < 4.78 is 4.83. The molecular formula is C29H29N5O5. The van der Waals surface area contributed by atoms with E-state index < -0.39 is 11.9 Å². The Labute approximate surface area is 226 Å². The Morgan fingerprint density at radius 3 is 2.54 bits per heavy atom. The first-order valence-corrected chi connectivity index (χ1v) is 12.4. The van der Waals surface area contributed by atoms with E-state index in [-0.39, 0.29) is 36.2 Å². The minimum atomic E-state index is -0.529. The van der Waals surface area contributed by atoms with E-state index in [2.05, 4.69) is 20.9 Å². The summed E-state index contributed by atoms with van der Waals surface area (Å²) in [5.41, 5.74) is 7.72. The standard InChI is InChI=1S/C29H29N5O5/c1-5-39-25(35)16-30-28(37)21-9-6-8-20(15-21)23-10-7-11-24(27(23)36)31-32-26-19(4)33-34(29(26)38)22-13-12-17(2)18(3)14-22/h6-15,31,36H,5,16H2,1-4H3,(H,30,37). The predicted octanol–water partition coefficient (Wildman–Crippen LogP) is 4.16. The Bertz CT molecular complexity index is 1510. The SMILES string of the molecule is CCOC(=O)CNC(=O)c1cccc(-c2cccc(NN=C3C(=O)N(c4ccc(C)c(C)c4)N=C3C)c2O)c1. The smallest absolute Gasteiger partial charge is 0.325 e. The fourth-order valence-corrected chi connectivity index (χ4v) is 3.94. The van der Waals surface area contributed by atoms with Gasteiger partial charge in [0.25, 0.3) is 5.91 Å². The first-order chi connectivity index (χ1) is 18.7. The number of phenols is 1.